The number of sulfonamides is 2. The third kappa shape index (κ3) is 13.5. The van der Waals surface area contributed by atoms with Crippen LogP contribution in [0.15, 0.2) is 91.0 Å². The summed E-state index contributed by atoms with van der Waals surface area (Å²) < 4.78 is 67.2. The molecule has 2 atom stereocenters. The summed E-state index contributed by atoms with van der Waals surface area (Å²) in [5.41, 5.74) is 1.85. The molecule has 4 amide bonds. The van der Waals surface area contributed by atoms with Crippen LogP contribution in [-0.2, 0) is 47.3 Å². The van der Waals surface area contributed by atoms with Gasteiger partial charge in [-0.2, -0.15) is 0 Å². The van der Waals surface area contributed by atoms with Gasteiger partial charge < -0.3 is 25.0 Å². The molecule has 4 rings (SSSR count). The smallest absolute Gasteiger partial charge is 0.407 e. The summed E-state index contributed by atoms with van der Waals surface area (Å²) in [6, 6.07) is 23.6. The molecule has 0 bridgehead atoms. The highest BCUT2D eigenvalue weighted by atomic mass is 32.2. The number of morpholine rings is 1. The van der Waals surface area contributed by atoms with Crippen molar-refractivity contribution in [1.82, 2.24) is 19.8 Å². The lowest BCUT2D eigenvalue weighted by molar-refractivity contribution is -0.127. The molecule has 1 aliphatic heterocycles. The van der Waals surface area contributed by atoms with E-state index in [0.717, 1.165) is 17.4 Å². The monoisotopic (exact) mass is 743 g/mol. The number of nitrogens with one attached hydrogen (secondary N) is 3. The van der Waals surface area contributed by atoms with Gasteiger partial charge >= 0.3 is 12.1 Å². The van der Waals surface area contributed by atoms with E-state index in [0.29, 0.717) is 30.6 Å². The van der Waals surface area contributed by atoms with Crippen molar-refractivity contribution >= 4 is 43.8 Å². The summed E-state index contributed by atoms with van der Waals surface area (Å²) in [5, 5.41) is 5.51. The van der Waals surface area contributed by atoms with Crippen molar-refractivity contribution in [2.45, 2.75) is 44.4 Å². The van der Waals surface area contributed by atoms with Gasteiger partial charge in [-0.3, -0.25) is 9.52 Å². The second-order valence-electron chi connectivity index (χ2n) is 12.1. The fourth-order valence-corrected chi connectivity index (χ4v) is 8.22. The summed E-state index contributed by atoms with van der Waals surface area (Å²) >= 11 is 0. The molecule has 0 radical (unpaired) electrons. The number of hydrogen-bond donors (Lipinski definition) is 3. The number of amides is 4. The minimum atomic E-state index is -4.27. The fourth-order valence-electron chi connectivity index (χ4n) is 5.55. The van der Waals surface area contributed by atoms with Crippen molar-refractivity contribution in [2.24, 2.45) is 0 Å². The van der Waals surface area contributed by atoms with E-state index in [4.69, 9.17) is 9.47 Å². The highest BCUT2D eigenvalue weighted by molar-refractivity contribution is 7.92. The van der Waals surface area contributed by atoms with Crippen LogP contribution in [0.3, 0.4) is 0 Å². The maximum Gasteiger partial charge on any atom is 0.407 e. The Kier molecular flexibility index (Phi) is 14.6. The Morgan fingerprint density at radius 1 is 0.843 bits per heavy atom. The minimum absolute atomic E-state index is 0.00143. The van der Waals surface area contributed by atoms with E-state index in [-0.39, 0.29) is 44.5 Å². The molecule has 3 aromatic carbocycles. The quantitative estimate of drug-likeness (QED) is 0.187. The van der Waals surface area contributed by atoms with Gasteiger partial charge in [-0.25, -0.2) is 30.7 Å². The van der Waals surface area contributed by atoms with Crippen LogP contribution < -0.4 is 15.4 Å². The van der Waals surface area contributed by atoms with Gasteiger partial charge in [-0.1, -0.05) is 78.9 Å². The third-order valence-corrected chi connectivity index (χ3v) is 10.6. The first-order chi connectivity index (χ1) is 24.4. The third-order valence-electron chi connectivity index (χ3n) is 8.04. The van der Waals surface area contributed by atoms with Gasteiger partial charge in [0.2, 0.25) is 26.0 Å². The van der Waals surface area contributed by atoms with Gasteiger partial charge in [0.25, 0.3) is 0 Å². The number of benzene rings is 3. The first kappa shape index (κ1) is 39.1. The molecule has 1 heterocycles. The van der Waals surface area contributed by atoms with Crippen molar-refractivity contribution in [1.29, 1.82) is 0 Å². The fraction of sp³-hybridized carbons (Fsp3) is 0.400. The molecule has 1 saturated heterocycles. The summed E-state index contributed by atoms with van der Waals surface area (Å²) in [6.45, 7) is 1.28. The minimum Gasteiger partial charge on any atom is -0.445 e. The average Bonchev–Trinajstić information content (AvgIpc) is 3.11. The molecule has 51 heavy (non-hydrogen) atoms. The normalized spacial score (nSPS) is 14.5. The van der Waals surface area contributed by atoms with E-state index in [2.05, 4.69) is 15.4 Å². The van der Waals surface area contributed by atoms with Crippen molar-refractivity contribution in [3.05, 3.63) is 102 Å². The van der Waals surface area contributed by atoms with Gasteiger partial charge in [-0.15, -0.1) is 0 Å². The van der Waals surface area contributed by atoms with Crippen LogP contribution in [0.25, 0.3) is 0 Å². The number of anilines is 1. The van der Waals surface area contributed by atoms with Crippen LogP contribution in [0.2, 0.25) is 0 Å². The number of carbonyl (C=O) groups excluding carboxylic acids is 3. The highest BCUT2D eigenvalue weighted by Gasteiger charge is 2.35. The predicted molar refractivity (Wildman–Crippen MR) is 193 cm³/mol. The summed E-state index contributed by atoms with van der Waals surface area (Å²) in [7, 11) is -8.46. The Hall–Kier alpha value is -4.67. The molecule has 0 saturated carbocycles. The number of para-hydroxylation sites is 1. The molecule has 0 aliphatic carbocycles. The van der Waals surface area contributed by atoms with Gasteiger partial charge in [-0.05, 0) is 42.5 Å². The van der Waals surface area contributed by atoms with E-state index in [1.165, 1.54) is 0 Å². The lowest BCUT2D eigenvalue weighted by Crippen LogP contribution is -2.53. The van der Waals surface area contributed by atoms with Crippen molar-refractivity contribution in [2.75, 3.05) is 49.6 Å². The average molecular weight is 744 g/mol. The van der Waals surface area contributed by atoms with Gasteiger partial charge in [0.15, 0.2) is 0 Å². The summed E-state index contributed by atoms with van der Waals surface area (Å²) in [6.07, 6.45) is 0.00346. The summed E-state index contributed by atoms with van der Waals surface area (Å²) in [4.78, 5) is 41.0. The molecule has 3 aromatic rings. The number of hydrogen-bond acceptors (Lipinski definition) is 9. The van der Waals surface area contributed by atoms with E-state index < -0.39 is 55.9 Å². The molecule has 16 heteroatoms. The van der Waals surface area contributed by atoms with Crippen LogP contribution in [0.1, 0.15) is 30.4 Å². The SMILES string of the molecule is CS(=O)(=O)N(C(=O)CCc1ccccc1)C(CCC(CNC(=O)OCc1ccccc1)NC(=O)N1CCOCC1)CS(=O)(=O)Nc1ccccc1. The lowest BCUT2D eigenvalue weighted by atomic mass is 10.1. The van der Waals surface area contributed by atoms with Crippen molar-refractivity contribution in [3.8, 4) is 0 Å². The maximum atomic E-state index is 13.7. The summed E-state index contributed by atoms with van der Waals surface area (Å²) in [5.74, 6) is -1.51. The molecule has 276 valence electrons. The zero-order valence-corrected chi connectivity index (χ0v) is 30.1. The van der Waals surface area contributed by atoms with E-state index in [1.807, 2.05) is 36.4 Å². The van der Waals surface area contributed by atoms with Crippen LogP contribution in [0, 0.1) is 0 Å². The molecule has 2 unspecified atom stereocenters. The first-order valence-corrected chi connectivity index (χ1v) is 20.1. The van der Waals surface area contributed by atoms with E-state index in [9.17, 15) is 31.2 Å². The van der Waals surface area contributed by atoms with Gasteiger partial charge in [0.1, 0.15) is 6.61 Å². The number of aryl methyl sites for hydroxylation is 1. The Labute approximate surface area is 299 Å². The zero-order valence-electron chi connectivity index (χ0n) is 28.5. The van der Waals surface area contributed by atoms with E-state index in [1.54, 1.807) is 59.5 Å². The Morgan fingerprint density at radius 2 is 1.43 bits per heavy atom. The van der Waals surface area contributed by atoms with Crippen LogP contribution >= 0.6 is 0 Å². The molecule has 0 spiro atoms. The van der Waals surface area contributed by atoms with Gasteiger partial charge in [0, 0.05) is 37.8 Å². The molecule has 14 nitrogen and oxygen atoms in total. The lowest BCUT2D eigenvalue weighted by Gasteiger charge is -2.32. The number of ether oxygens (including phenoxy) is 2. The number of rotatable bonds is 17. The van der Waals surface area contributed by atoms with Crippen molar-refractivity contribution in [3.63, 3.8) is 0 Å². The van der Waals surface area contributed by atoms with Crippen LogP contribution in [-0.4, -0.2) is 101 Å². The molecule has 3 N–H and O–H groups in total. The molecule has 1 fully saturated rings. The topological polar surface area (TPSA) is 181 Å². The molecular weight excluding hydrogens is 699 g/mol. The van der Waals surface area contributed by atoms with Crippen molar-refractivity contribution < 1.29 is 40.7 Å². The number of urea groups is 1. The molecular formula is C35H45N5O9S2. The maximum absolute atomic E-state index is 13.7. The number of nitrogens with zero attached hydrogens (tertiary/aromatic N) is 2. The largest absolute Gasteiger partial charge is 0.445 e. The van der Waals surface area contributed by atoms with Gasteiger partial charge in [0.05, 0.1) is 31.3 Å². The van der Waals surface area contributed by atoms with Crippen LogP contribution in [0.4, 0.5) is 15.3 Å². The first-order valence-electron chi connectivity index (χ1n) is 16.6. The second kappa shape index (κ2) is 19.1. The van der Waals surface area contributed by atoms with Crippen LogP contribution in [0.5, 0.6) is 0 Å². The highest BCUT2D eigenvalue weighted by Crippen LogP contribution is 2.20. The van der Waals surface area contributed by atoms with E-state index >= 15 is 0 Å². The molecule has 1 aliphatic rings. The Morgan fingerprint density at radius 3 is 2.04 bits per heavy atom. The second-order valence-corrected chi connectivity index (χ2v) is 15.7. The number of carbonyl (C=O) groups is 3. The predicted octanol–water partition coefficient (Wildman–Crippen LogP) is 3.33. The standard InChI is InChI=1S/C35H45N5O9S2/c1-50(44,45)40(33(41)20-17-28-11-5-2-6-12-28)32(27-51(46,47)38-30-15-9-4-10-16-30)19-18-31(37-34(42)39-21-23-48-24-22-39)25-36-35(43)49-26-29-13-7-3-8-14-29/h2-16,31-32,38H,17-27H2,1H3,(H,36,43)(H,37,42). The Bertz CT molecular complexity index is 1780. The number of alkyl carbamates (subject to hydrolysis) is 1. The zero-order chi connectivity index (χ0) is 36.7. The Balaban J connectivity index is 1.54. The molecule has 0 aromatic heterocycles.